The number of hydrogen-bond donors (Lipinski definition) is 2. The fraction of sp³-hybridized carbons (Fsp3) is 0.150. The molecular formula is C20H18N2O7S. The summed E-state index contributed by atoms with van der Waals surface area (Å²) in [5, 5.41) is 3.23. The Balaban J connectivity index is 1.65. The molecule has 0 spiro atoms. The monoisotopic (exact) mass is 430 g/mol. The molecule has 2 N–H and O–H groups in total. The molecule has 10 heteroatoms. The van der Waals surface area contributed by atoms with Crippen molar-refractivity contribution in [2.45, 2.75) is 18.7 Å². The van der Waals surface area contributed by atoms with Crippen molar-refractivity contribution in [2.24, 2.45) is 0 Å². The van der Waals surface area contributed by atoms with Gasteiger partial charge in [-0.25, -0.2) is 17.9 Å². The SMILES string of the molecule is CC(=O)Nc1ccc(S(=O)(=O)NC(=O)COc2ccc3c(C)cc(=O)oc3c2)cc1. The number of hydrogen-bond acceptors (Lipinski definition) is 7. The Bertz CT molecular complexity index is 1280. The van der Waals surface area contributed by atoms with Gasteiger partial charge in [0.2, 0.25) is 5.91 Å². The predicted molar refractivity (Wildman–Crippen MR) is 109 cm³/mol. The first-order valence-corrected chi connectivity index (χ1v) is 10.2. The highest BCUT2D eigenvalue weighted by molar-refractivity contribution is 7.90. The second-order valence-corrected chi connectivity index (χ2v) is 8.11. The molecule has 156 valence electrons. The Hall–Kier alpha value is -3.66. The number of benzene rings is 2. The highest BCUT2D eigenvalue weighted by Crippen LogP contribution is 2.22. The molecule has 0 saturated heterocycles. The minimum atomic E-state index is -4.11. The molecule has 1 heterocycles. The summed E-state index contributed by atoms with van der Waals surface area (Å²) in [6.07, 6.45) is 0. The molecule has 30 heavy (non-hydrogen) atoms. The average molecular weight is 430 g/mol. The van der Waals surface area contributed by atoms with Crippen LogP contribution in [-0.2, 0) is 19.6 Å². The first kappa shape index (κ1) is 21.1. The zero-order valence-corrected chi connectivity index (χ0v) is 16.9. The van der Waals surface area contributed by atoms with Gasteiger partial charge in [0, 0.05) is 30.1 Å². The Morgan fingerprint density at radius 2 is 1.77 bits per heavy atom. The molecule has 0 atom stereocenters. The lowest BCUT2D eigenvalue weighted by atomic mass is 10.1. The number of ether oxygens (including phenoxy) is 1. The molecule has 0 aliphatic rings. The van der Waals surface area contributed by atoms with Gasteiger partial charge in [-0.05, 0) is 48.9 Å². The second-order valence-electron chi connectivity index (χ2n) is 6.43. The van der Waals surface area contributed by atoms with Crippen molar-refractivity contribution in [2.75, 3.05) is 11.9 Å². The normalized spacial score (nSPS) is 11.1. The van der Waals surface area contributed by atoms with Crippen LogP contribution in [-0.4, -0.2) is 26.8 Å². The van der Waals surface area contributed by atoms with Crippen molar-refractivity contribution in [1.82, 2.24) is 4.72 Å². The zero-order valence-electron chi connectivity index (χ0n) is 16.1. The fourth-order valence-electron chi connectivity index (χ4n) is 2.70. The molecule has 3 rings (SSSR count). The number of carbonyl (C=O) groups is 2. The summed E-state index contributed by atoms with van der Waals surface area (Å²) in [6.45, 7) is 2.53. The fourth-order valence-corrected chi connectivity index (χ4v) is 3.67. The summed E-state index contributed by atoms with van der Waals surface area (Å²) in [4.78, 5) is 34.4. The van der Waals surface area contributed by atoms with Crippen LogP contribution in [0.1, 0.15) is 12.5 Å². The molecule has 0 radical (unpaired) electrons. The van der Waals surface area contributed by atoms with Crippen molar-refractivity contribution in [3.05, 3.63) is 64.5 Å². The number of anilines is 1. The molecule has 0 saturated carbocycles. The summed E-state index contributed by atoms with van der Waals surface area (Å²) in [6, 6.07) is 11.4. The van der Waals surface area contributed by atoms with E-state index in [2.05, 4.69) is 5.32 Å². The summed E-state index contributed by atoms with van der Waals surface area (Å²) in [5.74, 6) is -0.936. The van der Waals surface area contributed by atoms with Crippen molar-refractivity contribution in [3.63, 3.8) is 0 Å². The number of fused-ring (bicyclic) bond motifs is 1. The highest BCUT2D eigenvalue weighted by atomic mass is 32.2. The van der Waals surface area contributed by atoms with Gasteiger partial charge in [0.05, 0.1) is 4.90 Å². The topological polar surface area (TPSA) is 132 Å². The Morgan fingerprint density at radius 3 is 2.43 bits per heavy atom. The quantitative estimate of drug-likeness (QED) is 0.571. The van der Waals surface area contributed by atoms with Crippen molar-refractivity contribution in [1.29, 1.82) is 0 Å². The molecule has 3 aromatic rings. The lowest BCUT2D eigenvalue weighted by Crippen LogP contribution is -2.34. The number of rotatable bonds is 6. The first-order valence-electron chi connectivity index (χ1n) is 8.75. The van der Waals surface area contributed by atoms with Crippen LogP contribution in [0.5, 0.6) is 5.75 Å². The van der Waals surface area contributed by atoms with Crippen LogP contribution in [0.2, 0.25) is 0 Å². The second kappa shape index (κ2) is 8.37. The Morgan fingerprint density at radius 1 is 1.07 bits per heavy atom. The molecular weight excluding hydrogens is 412 g/mol. The minimum absolute atomic E-state index is 0.145. The van der Waals surface area contributed by atoms with E-state index >= 15 is 0 Å². The van der Waals surface area contributed by atoms with Gasteiger partial charge >= 0.3 is 5.63 Å². The van der Waals surface area contributed by atoms with Crippen molar-refractivity contribution in [3.8, 4) is 5.75 Å². The molecule has 0 unspecified atom stereocenters. The van der Waals surface area contributed by atoms with E-state index < -0.39 is 28.2 Å². The molecule has 0 aliphatic heterocycles. The molecule has 2 amide bonds. The summed E-state index contributed by atoms with van der Waals surface area (Å²) in [7, 11) is -4.11. The maximum Gasteiger partial charge on any atom is 0.336 e. The molecule has 2 aromatic carbocycles. The maximum absolute atomic E-state index is 12.3. The van der Waals surface area contributed by atoms with E-state index in [1.54, 1.807) is 19.1 Å². The van der Waals surface area contributed by atoms with Gasteiger partial charge in [-0.1, -0.05) is 0 Å². The van der Waals surface area contributed by atoms with Crippen LogP contribution in [0.25, 0.3) is 11.0 Å². The van der Waals surface area contributed by atoms with Crippen LogP contribution >= 0.6 is 0 Å². The van der Waals surface area contributed by atoms with E-state index in [-0.39, 0.29) is 16.6 Å². The van der Waals surface area contributed by atoms with Crippen molar-refractivity contribution >= 4 is 38.5 Å². The lowest BCUT2D eigenvalue weighted by Gasteiger charge is -2.10. The standard InChI is InChI=1S/C20H18N2O7S/c1-12-9-20(25)29-18-10-15(5-8-17(12)18)28-11-19(24)22-30(26,27)16-6-3-14(4-7-16)21-13(2)23/h3-10H,11H2,1-2H3,(H,21,23)(H,22,24). The first-order chi connectivity index (χ1) is 14.1. The Kier molecular flexibility index (Phi) is 5.88. The van der Waals surface area contributed by atoms with Gasteiger partial charge in [-0.2, -0.15) is 0 Å². The number of aryl methyl sites for hydroxylation is 1. The van der Waals surface area contributed by atoms with Crippen LogP contribution < -0.4 is 20.4 Å². The zero-order chi connectivity index (χ0) is 21.9. The van der Waals surface area contributed by atoms with E-state index in [9.17, 15) is 22.8 Å². The molecule has 0 aliphatic carbocycles. The van der Waals surface area contributed by atoms with Crippen molar-refractivity contribution < 1.29 is 27.2 Å². The smallest absolute Gasteiger partial charge is 0.336 e. The van der Waals surface area contributed by atoms with Gasteiger partial charge in [0.25, 0.3) is 15.9 Å². The van der Waals surface area contributed by atoms with Crippen LogP contribution in [0.15, 0.2) is 62.6 Å². The van der Waals surface area contributed by atoms with E-state index in [0.717, 1.165) is 10.9 Å². The average Bonchev–Trinajstić information content (AvgIpc) is 2.65. The number of amides is 2. The predicted octanol–water partition coefficient (Wildman–Crippen LogP) is 1.94. The summed E-state index contributed by atoms with van der Waals surface area (Å²) in [5.41, 5.74) is 0.950. The van der Waals surface area contributed by atoms with Gasteiger partial charge < -0.3 is 14.5 Å². The van der Waals surface area contributed by atoms with Crippen LogP contribution in [0, 0.1) is 6.92 Å². The largest absolute Gasteiger partial charge is 0.484 e. The van der Waals surface area contributed by atoms with Gasteiger partial charge in [0.15, 0.2) is 6.61 Å². The Labute approximate surface area is 171 Å². The maximum atomic E-state index is 12.3. The number of nitrogens with one attached hydrogen (secondary N) is 2. The third-order valence-electron chi connectivity index (χ3n) is 4.03. The van der Waals surface area contributed by atoms with Gasteiger partial charge in [0.1, 0.15) is 11.3 Å². The molecule has 1 aromatic heterocycles. The minimum Gasteiger partial charge on any atom is -0.484 e. The van der Waals surface area contributed by atoms with Crippen LogP contribution in [0.3, 0.4) is 0 Å². The summed E-state index contributed by atoms with van der Waals surface area (Å²) < 4.78 is 36.9. The van der Waals surface area contributed by atoms with E-state index in [1.807, 2.05) is 4.72 Å². The molecule has 9 nitrogen and oxygen atoms in total. The lowest BCUT2D eigenvalue weighted by molar-refractivity contribution is -0.121. The van der Waals surface area contributed by atoms with Gasteiger partial charge in [-0.15, -0.1) is 0 Å². The van der Waals surface area contributed by atoms with E-state index in [1.165, 1.54) is 43.3 Å². The third kappa shape index (κ3) is 5.03. The number of sulfonamides is 1. The number of carbonyl (C=O) groups excluding carboxylic acids is 2. The summed E-state index contributed by atoms with van der Waals surface area (Å²) >= 11 is 0. The molecule has 0 bridgehead atoms. The third-order valence-corrected chi connectivity index (χ3v) is 5.42. The highest BCUT2D eigenvalue weighted by Gasteiger charge is 2.18. The van der Waals surface area contributed by atoms with E-state index in [4.69, 9.17) is 9.15 Å². The van der Waals surface area contributed by atoms with Crippen LogP contribution in [0.4, 0.5) is 5.69 Å². The van der Waals surface area contributed by atoms with E-state index in [0.29, 0.717) is 11.3 Å². The molecule has 0 fully saturated rings. The van der Waals surface area contributed by atoms with Gasteiger partial charge in [-0.3, -0.25) is 9.59 Å².